The van der Waals surface area contributed by atoms with E-state index in [1.54, 1.807) is 16.9 Å². The van der Waals surface area contributed by atoms with Gasteiger partial charge in [-0.2, -0.15) is 10.1 Å². The molecule has 0 aliphatic carbocycles. The van der Waals surface area contributed by atoms with Gasteiger partial charge in [-0.15, -0.1) is 0 Å². The molecule has 0 saturated carbocycles. The molecule has 0 unspecified atom stereocenters. The molecule has 0 radical (unpaired) electrons. The molecule has 0 bridgehead atoms. The van der Waals surface area contributed by atoms with Gasteiger partial charge in [-0.3, -0.25) is 0 Å². The molecule has 2 N–H and O–H groups in total. The van der Waals surface area contributed by atoms with Gasteiger partial charge in [-0.1, -0.05) is 6.92 Å². The predicted molar refractivity (Wildman–Crippen MR) is 68.8 cm³/mol. The van der Waals surface area contributed by atoms with Crippen molar-refractivity contribution in [3.63, 3.8) is 0 Å². The van der Waals surface area contributed by atoms with Crippen LogP contribution < -0.4 is 10.5 Å². The number of anilines is 1. The van der Waals surface area contributed by atoms with Crippen LogP contribution in [0.25, 0.3) is 5.95 Å². The Balaban J connectivity index is 2.35. The van der Waals surface area contributed by atoms with Crippen LogP contribution in [-0.2, 0) is 0 Å². The zero-order valence-electron chi connectivity index (χ0n) is 10.8. The van der Waals surface area contributed by atoms with Crippen LogP contribution in [0, 0.1) is 13.8 Å². The molecule has 18 heavy (non-hydrogen) atoms. The van der Waals surface area contributed by atoms with Gasteiger partial charge >= 0.3 is 0 Å². The van der Waals surface area contributed by atoms with Gasteiger partial charge in [0.05, 0.1) is 23.7 Å². The zero-order chi connectivity index (χ0) is 13.1. The quantitative estimate of drug-likeness (QED) is 0.888. The summed E-state index contributed by atoms with van der Waals surface area (Å²) < 4.78 is 7.10. The second-order valence-corrected chi connectivity index (χ2v) is 4.04. The SMILES string of the molecule is CCCOc1ccnc(-n2nc(C)c(N)c2C)n1. The molecule has 0 spiro atoms. The van der Waals surface area contributed by atoms with Crippen LogP contribution in [0.3, 0.4) is 0 Å². The van der Waals surface area contributed by atoms with Gasteiger partial charge in [0.25, 0.3) is 5.95 Å². The van der Waals surface area contributed by atoms with Crippen LogP contribution in [0.2, 0.25) is 0 Å². The minimum atomic E-state index is 0.473. The Bertz CT molecular complexity index is 549. The number of ether oxygens (including phenoxy) is 1. The number of hydrogen-bond acceptors (Lipinski definition) is 5. The minimum absolute atomic E-state index is 0.473. The van der Waals surface area contributed by atoms with Gasteiger partial charge in [0.15, 0.2) is 0 Å². The summed E-state index contributed by atoms with van der Waals surface area (Å²) in [5.41, 5.74) is 8.16. The van der Waals surface area contributed by atoms with E-state index in [0.29, 0.717) is 24.1 Å². The highest BCUT2D eigenvalue weighted by atomic mass is 16.5. The molecule has 0 aliphatic rings. The van der Waals surface area contributed by atoms with Crippen molar-refractivity contribution in [3.05, 3.63) is 23.7 Å². The highest BCUT2D eigenvalue weighted by Gasteiger charge is 2.12. The van der Waals surface area contributed by atoms with Crippen molar-refractivity contribution in [1.82, 2.24) is 19.7 Å². The van der Waals surface area contributed by atoms with Crippen LogP contribution in [-0.4, -0.2) is 26.4 Å². The minimum Gasteiger partial charge on any atom is -0.478 e. The molecule has 0 aliphatic heterocycles. The van der Waals surface area contributed by atoms with Gasteiger partial charge in [0.1, 0.15) is 0 Å². The van der Waals surface area contributed by atoms with Crippen molar-refractivity contribution in [2.24, 2.45) is 0 Å². The van der Waals surface area contributed by atoms with E-state index in [0.717, 1.165) is 17.8 Å². The lowest BCUT2D eigenvalue weighted by Gasteiger charge is -2.06. The van der Waals surface area contributed by atoms with E-state index in [-0.39, 0.29) is 0 Å². The lowest BCUT2D eigenvalue weighted by Crippen LogP contribution is -2.07. The number of nitrogens with two attached hydrogens (primary N) is 1. The van der Waals surface area contributed by atoms with Crippen molar-refractivity contribution in [2.45, 2.75) is 27.2 Å². The third-order valence-electron chi connectivity index (χ3n) is 2.61. The lowest BCUT2D eigenvalue weighted by atomic mass is 10.3. The molecule has 6 heteroatoms. The maximum Gasteiger partial charge on any atom is 0.254 e. The van der Waals surface area contributed by atoms with E-state index >= 15 is 0 Å². The van der Waals surface area contributed by atoms with Gasteiger partial charge < -0.3 is 10.5 Å². The highest BCUT2D eigenvalue weighted by molar-refractivity contribution is 5.48. The molecular formula is C12H17N5O. The number of nitrogens with zero attached hydrogens (tertiary/aromatic N) is 4. The number of aromatic nitrogens is 4. The summed E-state index contributed by atoms with van der Waals surface area (Å²) in [6.07, 6.45) is 2.59. The molecule has 6 nitrogen and oxygen atoms in total. The summed E-state index contributed by atoms with van der Waals surface area (Å²) in [6, 6.07) is 1.73. The molecule has 0 atom stereocenters. The van der Waals surface area contributed by atoms with Crippen molar-refractivity contribution < 1.29 is 4.74 Å². The van der Waals surface area contributed by atoms with Crippen molar-refractivity contribution in [2.75, 3.05) is 12.3 Å². The van der Waals surface area contributed by atoms with E-state index in [1.165, 1.54) is 0 Å². The Morgan fingerprint density at radius 2 is 2.17 bits per heavy atom. The molecule has 0 amide bonds. The normalized spacial score (nSPS) is 10.6. The monoisotopic (exact) mass is 247 g/mol. The van der Waals surface area contributed by atoms with E-state index in [2.05, 4.69) is 15.1 Å². The summed E-state index contributed by atoms with van der Waals surface area (Å²) in [5, 5.41) is 4.31. The van der Waals surface area contributed by atoms with Gasteiger partial charge in [0.2, 0.25) is 5.88 Å². The second-order valence-electron chi connectivity index (χ2n) is 4.04. The first-order valence-corrected chi connectivity index (χ1v) is 5.91. The standard InChI is InChI=1S/C12H17N5O/c1-4-7-18-10-5-6-14-12(15-10)17-9(3)11(13)8(2)16-17/h5-6H,4,7,13H2,1-3H3. The number of aryl methyl sites for hydroxylation is 1. The van der Waals surface area contributed by atoms with E-state index < -0.39 is 0 Å². The molecule has 2 aromatic heterocycles. The Labute approximate surface area is 106 Å². The molecule has 0 saturated heterocycles. The third-order valence-corrected chi connectivity index (χ3v) is 2.61. The first-order chi connectivity index (χ1) is 8.63. The summed E-state index contributed by atoms with van der Waals surface area (Å²) >= 11 is 0. The lowest BCUT2D eigenvalue weighted by molar-refractivity contribution is 0.304. The average molecular weight is 247 g/mol. The molecule has 2 aromatic rings. The van der Waals surface area contributed by atoms with Crippen LogP contribution in [0.5, 0.6) is 5.88 Å². The largest absolute Gasteiger partial charge is 0.478 e. The topological polar surface area (TPSA) is 78.8 Å². The van der Waals surface area contributed by atoms with Gasteiger partial charge in [0, 0.05) is 12.3 Å². The summed E-state index contributed by atoms with van der Waals surface area (Å²) in [7, 11) is 0. The fourth-order valence-electron chi connectivity index (χ4n) is 1.57. The Hall–Kier alpha value is -2.11. The Kier molecular flexibility index (Phi) is 3.45. The first kappa shape index (κ1) is 12.3. The molecular weight excluding hydrogens is 230 g/mol. The van der Waals surface area contributed by atoms with Gasteiger partial charge in [-0.05, 0) is 20.3 Å². The maximum atomic E-state index is 5.89. The van der Waals surface area contributed by atoms with Crippen molar-refractivity contribution in [1.29, 1.82) is 0 Å². The molecule has 0 fully saturated rings. The fraction of sp³-hybridized carbons (Fsp3) is 0.417. The second kappa shape index (κ2) is 5.03. The predicted octanol–water partition coefficient (Wildman–Crippen LogP) is 1.65. The smallest absolute Gasteiger partial charge is 0.254 e. The Morgan fingerprint density at radius 3 is 2.78 bits per heavy atom. The van der Waals surface area contributed by atoms with Crippen LogP contribution in [0.15, 0.2) is 12.3 Å². The van der Waals surface area contributed by atoms with Crippen LogP contribution >= 0.6 is 0 Å². The van der Waals surface area contributed by atoms with E-state index in [9.17, 15) is 0 Å². The maximum absolute atomic E-state index is 5.89. The zero-order valence-corrected chi connectivity index (χ0v) is 10.8. The van der Waals surface area contributed by atoms with Gasteiger partial charge in [-0.25, -0.2) is 9.67 Å². The molecule has 96 valence electrons. The molecule has 0 aromatic carbocycles. The summed E-state index contributed by atoms with van der Waals surface area (Å²) in [4.78, 5) is 8.49. The average Bonchev–Trinajstić information content (AvgIpc) is 2.64. The summed E-state index contributed by atoms with van der Waals surface area (Å²) in [6.45, 7) is 6.42. The fourth-order valence-corrected chi connectivity index (χ4v) is 1.57. The van der Waals surface area contributed by atoms with Crippen LogP contribution in [0.4, 0.5) is 5.69 Å². The van der Waals surface area contributed by atoms with E-state index in [4.69, 9.17) is 10.5 Å². The van der Waals surface area contributed by atoms with Crippen LogP contribution in [0.1, 0.15) is 24.7 Å². The van der Waals surface area contributed by atoms with E-state index in [1.807, 2.05) is 20.8 Å². The first-order valence-electron chi connectivity index (χ1n) is 5.91. The Morgan fingerprint density at radius 1 is 1.39 bits per heavy atom. The number of nitrogen functional groups attached to an aromatic ring is 1. The van der Waals surface area contributed by atoms with Crippen molar-refractivity contribution >= 4 is 5.69 Å². The molecule has 2 heterocycles. The van der Waals surface area contributed by atoms with Crippen molar-refractivity contribution in [3.8, 4) is 11.8 Å². The number of hydrogen-bond donors (Lipinski definition) is 1. The number of rotatable bonds is 4. The highest BCUT2D eigenvalue weighted by Crippen LogP contribution is 2.18. The summed E-state index contributed by atoms with van der Waals surface area (Å²) in [5.74, 6) is 1.02. The third kappa shape index (κ3) is 2.27. The molecule has 2 rings (SSSR count).